The number of aromatic amines is 1. The average Bonchev–Trinajstić information content (AvgIpc) is 2.90. The number of nitrogens with one attached hydrogen (secondary N) is 2. The summed E-state index contributed by atoms with van der Waals surface area (Å²) in [7, 11) is 4.24. The van der Waals surface area contributed by atoms with E-state index in [9.17, 15) is 0 Å². The Morgan fingerprint density at radius 2 is 2.19 bits per heavy atom. The minimum absolute atomic E-state index is 0.580. The van der Waals surface area contributed by atoms with E-state index in [0.29, 0.717) is 12.0 Å². The van der Waals surface area contributed by atoms with Crippen LogP contribution in [0.5, 0.6) is 0 Å². The maximum absolute atomic E-state index is 4.55. The summed E-state index contributed by atoms with van der Waals surface area (Å²) in [6.07, 6.45) is 5.78. The quantitative estimate of drug-likeness (QED) is 0.818. The van der Waals surface area contributed by atoms with E-state index in [1.807, 2.05) is 13.0 Å². The highest BCUT2D eigenvalue weighted by Crippen LogP contribution is 2.19. The van der Waals surface area contributed by atoms with E-state index in [1.54, 1.807) is 12.4 Å². The highest BCUT2D eigenvalue weighted by Gasteiger charge is 2.09. The minimum atomic E-state index is 0.580. The summed E-state index contributed by atoms with van der Waals surface area (Å²) in [5.41, 5.74) is 2.91. The van der Waals surface area contributed by atoms with Crippen molar-refractivity contribution in [2.24, 2.45) is 0 Å². The number of aromatic nitrogens is 4. The third-order valence-electron chi connectivity index (χ3n) is 3.72. The van der Waals surface area contributed by atoms with Crippen LogP contribution in [0.25, 0.3) is 11.3 Å². The van der Waals surface area contributed by atoms with Crippen LogP contribution in [0.1, 0.15) is 25.5 Å². The van der Waals surface area contributed by atoms with Gasteiger partial charge in [-0.25, -0.2) is 9.97 Å². The Hall–Kier alpha value is -1.95. The third-order valence-corrected chi connectivity index (χ3v) is 3.72. The summed E-state index contributed by atoms with van der Waals surface area (Å²) in [5.74, 6) is 0.668. The van der Waals surface area contributed by atoms with E-state index in [0.717, 1.165) is 36.3 Å². The van der Waals surface area contributed by atoms with Gasteiger partial charge in [-0.15, -0.1) is 0 Å². The van der Waals surface area contributed by atoms with Crippen LogP contribution in [0.3, 0.4) is 0 Å². The zero-order valence-corrected chi connectivity index (χ0v) is 13.2. The van der Waals surface area contributed by atoms with Crippen molar-refractivity contribution >= 4 is 5.95 Å². The predicted molar refractivity (Wildman–Crippen MR) is 85.2 cm³/mol. The van der Waals surface area contributed by atoms with Gasteiger partial charge in [0.15, 0.2) is 0 Å². The Kier molecular flexibility index (Phi) is 5.27. The van der Waals surface area contributed by atoms with Gasteiger partial charge in [-0.3, -0.25) is 5.10 Å². The topological polar surface area (TPSA) is 69.7 Å². The van der Waals surface area contributed by atoms with Gasteiger partial charge >= 0.3 is 0 Å². The van der Waals surface area contributed by atoms with Gasteiger partial charge in [0.1, 0.15) is 0 Å². The van der Waals surface area contributed by atoms with E-state index in [1.165, 1.54) is 0 Å². The maximum atomic E-state index is 4.55. The van der Waals surface area contributed by atoms with Gasteiger partial charge < -0.3 is 10.2 Å². The first-order chi connectivity index (χ1) is 10.1. The molecule has 2 rings (SSSR count). The largest absolute Gasteiger partial charge is 0.354 e. The van der Waals surface area contributed by atoms with Crippen LogP contribution in [0, 0.1) is 6.92 Å². The van der Waals surface area contributed by atoms with Crippen molar-refractivity contribution in [2.75, 3.05) is 26.0 Å². The molecule has 6 heteroatoms. The summed E-state index contributed by atoms with van der Waals surface area (Å²) in [6.45, 7) is 5.06. The number of hydrogen-bond donors (Lipinski definition) is 2. The van der Waals surface area contributed by atoms with Crippen molar-refractivity contribution in [3.05, 3.63) is 24.2 Å². The molecule has 6 nitrogen and oxygen atoms in total. The molecule has 21 heavy (non-hydrogen) atoms. The van der Waals surface area contributed by atoms with Gasteiger partial charge in [-0.2, -0.15) is 5.10 Å². The van der Waals surface area contributed by atoms with E-state index in [2.05, 4.69) is 51.4 Å². The smallest absolute Gasteiger partial charge is 0.223 e. The molecule has 114 valence electrons. The first-order valence-electron chi connectivity index (χ1n) is 7.35. The lowest BCUT2D eigenvalue weighted by Gasteiger charge is -2.22. The second-order valence-electron chi connectivity index (χ2n) is 5.42. The van der Waals surface area contributed by atoms with Crippen LogP contribution in [-0.4, -0.2) is 51.7 Å². The van der Waals surface area contributed by atoms with Crippen LogP contribution >= 0.6 is 0 Å². The van der Waals surface area contributed by atoms with Crippen molar-refractivity contribution in [1.29, 1.82) is 0 Å². The number of nitrogens with zero attached hydrogens (tertiary/aromatic N) is 4. The van der Waals surface area contributed by atoms with Crippen LogP contribution in [-0.2, 0) is 0 Å². The fourth-order valence-corrected chi connectivity index (χ4v) is 2.38. The average molecular weight is 288 g/mol. The Bertz CT molecular complexity index is 563. The molecule has 0 bridgehead atoms. The fourth-order valence-electron chi connectivity index (χ4n) is 2.38. The standard InChI is InChI=1S/C15H24N6/c1-5-12(21(3)4)6-8-16-15-17-9-7-14(19-15)13-10-18-20-11(13)2/h7,9-10,12H,5-6,8H2,1-4H3,(H,18,20)(H,16,17,19). The first kappa shape index (κ1) is 15.4. The lowest BCUT2D eigenvalue weighted by atomic mass is 10.1. The van der Waals surface area contributed by atoms with Gasteiger partial charge in [-0.1, -0.05) is 6.92 Å². The molecule has 2 heterocycles. The SMILES string of the molecule is CCC(CCNc1nccc(-c2cn[nH]c2C)n1)N(C)C. The van der Waals surface area contributed by atoms with Crippen LogP contribution in [0.2, 0.25) is 0 Å². The third kappa shape index (κ3) is 4.01. The molecule has 0 aliphatic heterocycles. The summed E-state index contributed by atoms with van der Waals surface area (Å²) in [5, 5.41) is 10.3. The van der Waals surface area contributed by atoms with E-state index < -0.39 is 0 Å². The molecule has 0 spiro atoms. The molecular formula is C15H24N6. The Balaban J connectivity index is 1.97. The second-order valence-corrected chi connectivity index (χ2v) is 5.42. The van der Waals surface area contributed by atoms with Gasteiger partial charge in [0.2, 0.25) is 5.95 Å². The predicted octanol–water partition coefficient (Wildman–Crippen LogP) is 2.32. The number of rotatable bonds is 7. The minimum Gasteiger partial charge on any atom is -0.354 e. The van der Waals surface area contributed by atoms with Gasteiger partial charge in [0.05, 0.1) is 11.9 Å². The summed E-state index contributed by atoms with van der Waals surface area (Å²) in [6, 6.07) is 2.48. The van der Waals surface area contributed by atoms with E-state index in [-0.39, 0.29) is 0 Å². The molecule has 0 aromatic carbocycles. The van der Waals surface area contributed by atoms with Crippen LogP contribution in [0.15, 0.2) is 18.5 Å². The maximum Gasteiger partial charge on any atom is 0.223 e. The fraction of sp³-hybridized carbons (Fsp3) is 0.533. The second kappa shape index (κ2) is 7.17. The molecule has 2 N–H and O–H groups in total. The van der Waals surface area contributed by atoms with Crippen molar-refractivity contribution in [1.82, 2.24) is 25.1 Å². The van der Waals surface area contributed by atoms with Crippen molar-refractivity contribution < 1.29 is 0 Å². The molecular weight excluding hydrogens is 264 g/mol. The highest BCUT2D eigenvalue weighted by molar-refractivity contribution is 5.61. The van der Waals surface area contributed by atoms with Crippen molar-refractivity contribution in [3.8, 4) is 11.3 Å². The zero-order chi connectivity index (χ0) is 15.2. The molecule has 0 amide bonds. The molecule has 0 aliphatic carbocycles. The summed E-state index contributed by atoms with van der Waals surface area (Å²) >= 11 is 0. The van der Waals surface area contributed by atoms with E-state index >= 15 is 0 Å². The molecule has 0 saturated heterocycles. The van der Waals surface area contributed by atoms with Crippen LogP contribution in [0.4, 0.5) is 5.95 Å². The van der Waals surface area contributed by atoms with E-state index in [4.69, 9.17) is 0 Å². The zero-order valence-electron chi connectivity index (χ0n) is 13.2. The molecule has 2 aromatic rings. The van der Waals surface area contributed by atoms with Gasteiger partial charge in [-0.05, 0) is 39.9 Å². The Labute approximate surface area is 126 Å². The van der Waals surface area contributed by atoms with Crippen molar-refractivity contribution in [3.63, 3.8) is 0 Å². The number of aryl methyl sites for hydroxylation is 1. The number of anilines is 1. The van der Waals surface area contributed by atoms with Gasteiger partial charge in [0.25, 0.3) is 0 Å². The normalized spacial score (nSPS) is 12.6. The summed E-state index contributed by atoms with van der Waals surface area (Å²) in [4.78, 5) is 11.1. The Morgan fingerprint density at radius 3 is 2.81 bits per heavy atom. The lowest BCUT2D eigenvalue weighted by Crippen LogP contribution is -2.29. The Morgan fingerprint density at radius 1 is 1.38 bits per heavy atom. The molecule has 1 atom stereocenters. The monoisotopic (exact) mass is 288 g/mol. The molecule has 0 aliphatic rings. The summed E-state index contributed by atoms with van der Waals surface area (Å²) < 4.78 is 0. The van der Waals surface area contributed by atoms with Crippen LogP contribution < -0.4 is 5.32 Å². The first-order valence-corrected chi connectivity index (χ1v) is 7.35. The molecule has 0 saturated carbocycles. The molecule has 1 unspecified atom stereocenters. The molecule has 2 aromatic heterocycles. The lowest BCUT2D eigenvalue weighted by molar-refractivity contribution is 0.276. The highest BCUT2D eigenvalue weighted by atomic mass is 15.1. The molecule has 0 fully saturated rings. The molecule has 0 radical (unpaired) electrons. The number of H-pyrrole nitrogens is 1. The van der Waals surface area contributed by atoms with Gasteiger partial charge in [0, 0.05) is 30.0 Å². The van der Waals surface area contributed by atoms with Crippen molar-refractivity contribution in [2.45, 2.75) is 32.7 Å². The number of hydrogen-bond acceptors (Lipinski definition) is 5.